The van der Waals surface area contributed by atoms with Crippen molar-refractivity contribution in [3.8, 4) is 5.69 Å². The van der Waals surface area contributed by atoms with Gasteiger partial charge in [0, 0.05) is 20.1 Å². The Morgan fingerprint density at radius 3 is 2.12 bits per heavy atom. The van der Waals surface area contributed by atoms with E-state index in [1.807, 2.05) is 32.9 Å². The highest BCUT2D eigenvalue weighted by molar-refractivity contribution is 5.78. The molecule has 0 atom stereocenters. The Kier molecular flexibility index (Phi) is 9.91. The molecule has 10 heteroatoms. The molecule has 0 bridgehead atoms. The van der Waals surface area contributed by atoms with E-state index in [0.29, 0.717) is 28.4 Å². The Bertz CT molecular complexity index is 1520. The molecule has 0 unspecified atom stereocenters. The van der Waals surface area contributed by atoms with Crippen molar-refractivity contribution >= 4 is 11.0 Å². The number of nitrogens with zero attached hydrogens (tertiary/aromatic N) is 4. The molecule has 0 radical (unpaired) electrons. The first-order valence-corrected chi connectivity index (χ1v) is 13.0. The van der Waals surface area contributed by atoms with E-state index in [0.717, 1.165) is 21.6 Å². The van der Waals surface area contributed by atoms with Crippen LogP contribution in [-0.2, 0) is 7.05 Å². The molecule has 0 aliphatic rings. The van der Waals surface area contributed by atoms with Gasteiger partial charge < -0.3 is 4.57 Å². The summed E-state index contributed by atoms with van der Waals surface area (Å²) in [6.07, 6.45) is -4.08. The number of allylic oxidation sites excluding steroid dienone is 4. The van der Waals surface area contributed by atoms with Crippen LogP contribution in [0.25, 0.3) is 16.7 Å². The minimum absolute atomic E-state index is 0.00457. The zero-order valence-electron chi connectivity index (χ0n) is 23.6. The van der Waals surface area contributed by atoms with Crippen LogP contribution in [0.4, 0.5) is 26.3 Å². The fourth-order valence-corrected chi connectivity index (χ4v) is 4.90. The average molecular weight is 577 g/mol. The predicted octanol–water partition coefficient (Wildman–Crippen LogP) is 7.79. The van der Waals surface area contributed by atoms with Gasteiger partial charge >= 0.3 is 12.4 Å². The molecule has 0 fully saturated rings. The molecule has 0 aliphatic heterocycles. The number of halogens is 6. The van der Waals surface area contributed by atoms with Gasteiger partial charge in [0.15, 0.2) is 0 Å². The topological polar surface area (TPSA) is 25.5 Å². The monoisotopic (exact) mass is 576 g/mol. The lowest BCUT2D eigenvalue weighted by molar-refractivity contribution is -0.144. The molecule has 0 amide bonds. The Labute approximate surface area is 235 Å². The largest absolute Gasteiger partial charge is 0.433 e. The Hall–Kier alpha value is -3.79. The quantitative estimate of drug-likeness (QED) is 0.179. The molecule has 0 spiro atoms. The van der Waals surface area contributed by atoms with E-state index >= 15 is 0 Å². The fraction of sp³-hybridized carbons (Fsp3) is 0.323. The number of hydrogen-bond donors (Lipinski definition) is 0. The van der Waals surface area contributed by atoms with Gasteiger partial charge in [0.25, 0.3) is 0 Å². The van der Waals surface area contributed by atoms with E-state index in [1.165, 1.54) is 12.2 Å². The summed E-state index contributed by atoms with van der Waals surface area (Å²) < 4.78 is 86.2. The molecule has 2 aromatic carbocycles. The first kappa shape index (κ1) is 31.7. The second-order valence-corrected chi connectivity index (χ2v) is 9.91. The Morgan fingerprint density at radius 1 is 0.976 bits per heavy atom. The van der Waals surface area contributed by atoms with Crippen molar-refractivity contribution in [1.29, 1.82) is 0 Å². The minimum Gasteiger partial charge on any atom is -0.313 e. The average Bonchev–Trinajstić information content (AvgIpc) is 3.13. The zero-order valence-corrected chi connectivity index (χ0v) is 23.6. The van der Waals surface area contributed by atoms with Gasteiger partial charge in [-0.25, -0.2) is 4.99 Å². The highest BCUT2D eigenvalue weighted by Crippen LogP contribution is 2.28. The number of aryl methyl sites for hydroxylation is 4. The number of rotatable bonds is 10. The molecule has 3 aromatic rings. The number of para-hydroxylation sites is 2. The van der Waals surface area contributed by atoms with Crippen LogP contribution in [-0.4, -0.2) is 46.0 Å². The fourth-order valence-electron chi connectivity index (χ4n) is 4.90. The summed E-state index contributed by atoms with van der Waals surface area (Å²) in [6, 6.07) is 11.0. The van der Waals surface area contributed by atoms with Gasteiger partial charge in [-0.3, -0.25) is 9.47 Å². The van der Waals surface area contributed by atoms with Gasteiger partial charge in [0.05, 0.1) is 23.3 Å². The van der Waals surface area contributed by atoms with E-state index in [-0.39, 0.29) is 18.6 Å². The lowest BCUT2D eigenvalue weighted by atomic mass is 10.0. The summed E-state index contributed by atoms with van der Waals surface area (Å²) in [5, 5.41) is 0. The van der Waals surface area contributed by atoms with E-state index in [1.54, 1.807) is 46.5 Å². The molecule has 0 saturated heterocycles. The third-order valence-electron chi connectivity index (χ3n) is 6.61. The molecule has 0 aliphatic carbocycles. The lowest BCUT2D eigenvalue weighted by Crippen LogP contribution is -2.35. The SMILES string of the molecule is C=C/C=C(\C=C)CCN(C/C=C(/N=c1n(C)c2ccccc2n1-c1c(C)cc(C)cc1C)C(F)(F)F)CC(F)(F)F. The number of fused-ring (bicyclic) bond motifs is 1. The van der Waals surface area contributed by atoms with Crippen LogP contribution in [0.2, 0.25) is 0 Å². The Balaban J connectivity index is 2.20. The maximum Gasteiger partial charge on any atom is 0.433 e. The third-order valence-corrected chi connectivity index (χ3v) is 6.61. The molecule has 0 saturated carbocycles. The van der Waals surface area contributed by atoms with Crippen molar-refractivity contribution in [3.63, 3.8) is 0 Å². The Morgan fingerprint density at radius 2 is 1.59 bits per heavy atom. The summed E-state index contributed by atoms with van der Waals surface area (Å²) in [5.41, 5.74) is 4.03. The van der Waals surface area contributed by atoms with Crippen LogP contribution in [0.1, 0.15) is 23.1 Å². The van der Waals surface area contributed by atoms with Gasteiger partial charge in [-0.1, -0.05) is 61.2 Å². The first-order chi connectivity index (χ1) is 19.2. The van der Waals surface area contributed by atoms with Crippen LogP contribution in [0.3, 0.4) is 0 Å². The summed E-state index contributed by atoms with van der Waals surface area (Å²) >= 11 is 0. The molecule has 1 aromatic heterocycles. The predicted molar refractivity (Wildman–Crippen MR) is 152 cm³/mol. The third kappa shape index (κ3) is 7.91. The molecule has 220 valence electrons. The zero-order chi connectivity index (χ0) is 30.5. The first-order valence-electron chi connectivity index (χ1n) is 13.0. The van der Waals surface area contributed by atoms with Crippen LogP contribution in [0, 0.1) is 20.8 Å². The minimum atomic E-state index is -4.91. The molecular weight excluding hydrogens is 542 g/mol. The van der Waals surface area contributed by atoms with Crippen molar-refractivity contribution in [1.82, 2.24) is 14.0 Å². The highest BCUT2D eigenvalue weighted by Gasteiger charge is 2.35. The van der Waals surface area contributed by atoms with E-state index < -0.39 is 31.1 Å². The standard InChI is InChI=1S/C31H34F6N4/c1-7-11-24(8-2)14-16-40(20-30(32,33)34)17-15-27(31(35,36)37)38-29-39(6)25-12-9-10-13-26(25)41(29)28-22(4)18-21(3)19-23(28)5/h7-13,15,18-19H,1-2,14,16-17,20H2,3-6H3/b24-11+,27-15+,38-29?. The van der Waals surface area contributed by atoms with Crippen LogP contribution in [0.15, 0.2) is 90.1 Å². The van der Waals surface area contributed by atoms with Crippen LogP contribution >= 0.6 is 0 Å². The van der Waals surface area contributed by atoms with Gasteiger partial charge in [0.2, 0.25) is 5.62 Å². The maximum atomic E-state index is 14.3. The molecular formula is C31H34F6N4. The highest BCUT2D eigenvalue weighted by atomic mass is 19.4. The van der Waals surface area contributed by atoms with Crippen molar-refractivity contribution < 1.29 is 26.3 Å². The summed E-state index contributed by atoms with van der Waals surface area (Å²) in [7, 11) is 1.61. The van der Waals surface area contributed by atoms with Crippen molar-refractivity contribution in [2.45, 2.75) is 39.5 Å². The number of benzene rings is 2. The molecule has 0 N–H and O–H groups in total. The van der Waals surface area contributed by atoms with E-state index in [4.69, 9.17) is 0 Å². The number of imidazole rings is 1. The number of aromatic nitrogens is 2. The summed E-state index contributed by atoms with van der Waals surface area (Å²) in [5.74, 6) is 0. The number of hydrogen-bond acceptors (Lipinski definition) is 2. The van der Waals surface area contributed by atoms with Gasteiger partial charge in [-0.2, -0.15) is 26.3 Å². The molecule has 3 rings (SSSR count). The van der Waals surface area contributed by atoms with Crippen molar-refractivity contribution in [2.75, 3.05) is 19.6 Å². The van der Waals surface area contributed by atoms with Gasteiger partial charge in [-0.05, 0) is 62.1 Å². The van der Waals surface area contributed by atoms with E-state index in [2.05, 4.69) is 18.2 Å². The maximum absolute atomic E-state index is 14.3. The molecule has 4 nitrogen and oxygen atoms in total. The van der Waals surface area contributed by atoms with Crippen LogP contribution in [0.5, 0.6) is 0 Å². The van der Waals surface area contributed by atoms with Crippen LogP contribution < -0.4 is 5.62 Å². The summed E-state index contributed by atoms with van der Waals surface area (Å²) in [4.78, 5) is 4.98. The second kappa shape index (κ2) is 12.8. The van der Waals surface area contributed by atoms with Crippen molar-refractivity contribution in [2.24, 2.45) is 12.0 Å². The van der Waals surface area contributed by atoms with Gasteiger partial charge in [-0.15, -0.1) is 0 Å². The summed E-state index contributed by atoms with van der Waals surface area (Å²) in [6.45, 7) is 10.8. The lowest BCUT2D eigenvalue weighted by Gasteiger charge is -2.23. The molecule has 1 heterocycles. The van der Waals surface area contributed by atoms with E-state index in [9.17, 15) is 26.3 Å². The normalized spacial score (nSPS) is 13.9. The molecule has 41 heavy (non-hydrogen) atoms. The van der Waals surface area contributed by atoms with Gasteiger partial charge in [0.1, 0.15) is 5.70 Å². The number of alkyl halides is 6. The smallest absolute Gasteiger partial charge is 0.313 e. The van der Waals surface area contributed by atoms with Crippen molar-refractivity contribution in [3.05, 3.63) is 107 Å². The second-order valence-electron chi connectivity index (χ2n) is 9.91.